The van der Waals surface area contributed by atoms with Crippen molar-refractivity contribution in [3.63, 3.8) is 0 Å². The van der Waals surface area contributed by atoms with Gasteiger partial charge in [-0.15, -0.1) is 0 Å². The molecule has 3 rings (SSSR count). The van der Waals surface area contributed by atoms with Crippen molar-refractivity contribution in [2.24, 2.45) is 16.6 Å². The third-order valence-corrected chi connectivity index (χ3v) is 5.62. The van der Waals surface area contributed by atoms with E-state index in [1.807, 2.05) is 18.0 Å². The Kier molecular flexibility index (Phi) is 5.65. The molecule has 2 N–H and O–H groups in total. The Morgan fingerprint density at radius 2 is 2.00 bits per heavy atom. The van der Waals surface area contributed by atoms with E-state index in [-0.39, 0.29) is 0 Å². The Bertz CT molecular complexity index is 516. The van der Waals surface area contributed by atoms with E-state index in [2.05, 4.69) is 38.8 Å². The van der Waals surface area contributed by atoms with Gasteiger partial charge in [0.15, 0.2) is 5.96 Å². The van der Waals surface area contributed by atoms with Gasteiger partial charge in [0.2, 0.25) is 0 Å². The van der Waals surface area contributed by atoms with Crippen LogP contribution in [-0.4, -0.2) is 53.5 Å². The van der Waals surface area contributed by atoms with Crippen LogP contribution >= 0.6 is 11.8 Å². The lowest BCUT2D eigenvalue weighted by atomic mass is 9.99. The Balaban J connectivity index is 1.54. The number of pyridine rings is 1. The average molecular weight is 334 g/mol. The maximum Gasteiger partial charge on any atom is 0.191 e. The number of piperidine rings is 1. The third-order valence-electron chi connectivity index (χ3n) is 4.68. The van der Waals surface area contributed by atoms with Gasteiger partial charge >= 0.3 is 0 Å². The molecular formula is C17H27N5S. The standard InChI is InChI=1S/C17H27N5S/c1-14-4-6-21(7-5-14)16-3-2-15(12-19-16)13-20-17(18)22-8-10-23-11-9-22/h2-3,12,14H,4-11,13H2,1H3,(H2,18,20). The highest BCUT2D eigenvalue weighted by Crippen LogP contribution is 2.21. The fourth-order valence-corrected chi connectivity index (χ4v) is 3.90. The predicted molar refractivity (Wildman–Crippen MR) is 99.1 cm³/mol. The van der Waals surface area contributed by atoms with Crippen molar-refractivity contribution in [2.75, 3.05) is 42.6 Å². The molecule has 2 aliphatic rings. The van der Waals surface area contributed by atoms with Crippen molar-refractivity contribution in [3.05, 3.63) is 23.9 Å². The Labute approximate surface area is 143 Å². The van der Waals surface area contributed by atoms with Crippen LogP contribution in [0.5, 0.6) is 0 Å². The van der Waals surface area contributed by atoms with E-state index < -0.39 is 0 Å². The number of thioether (sulfide) groups is 1. The van der Waals surface area contributed by atoms with Gasteiger partial charge in [-0.05, 0) is 30.4 Å². The number of aromatic nitrogens is 1. The first-order chi connectivity index (χ1) is 11.2. The van der Waals surface area contributed by atoms with Crippen molar-refractivity contribution >= 4 is 23.5 Å². The highest BCUT2D eigenvalue weighted by molar-refractivity contribution is 7.99. The summed E-state index contributed by atoms with van der Waals surface area (Å²) < 4.78 is 0. The number of hydrogen-bond acceptors (Lipinski definition) is 4. The van der Waals surface area contributed by atoms with Gasteiger partial charge in [0.1, 0.15) is 5.82 Å². The first-order valence-corrected chi connectivity index (χ1v) is 9.70. The van der Waals surface area contributed by atoms with Crippen LogP contribution in [0.4, 0.5) is 5.82 Å². The van der Waals surface area contributed by atoms with Crippen LogP contribution in [0.25, 0.3) is 0 Å². The molecule has 0 radical (unpaired) electrons. The second-order valence-electron chi connectivity index (χ2n) is 6.47. The maximum atomic E-state index is 6.09. The van der Waals surface area contributed by atoms with Crippen LogP contribution in [0.2, 0.25) is 0 Å². The molecule has 3 heterocycles. The topological polar surface area (TPSA) is 57.8 Å². The first kappa shape index (κ1) is 16.4. The molecule has 0 saturated carbocycles. The van der Waals surface area contributed by atoms with E-state index in [9.17, 15) is 0 Å². The summed E-state index contributed by atoms with van der Waals surface area (Å²) in [5, 5.41) is 0. The zero-order chi connectivity index (χ0) is 16.1. The van der Waals surface area contributed by atoms with Crippen molar-refractivity contribution in [1.29, 1.82) is 0 Å². The molecule has 2 saturated heterocycles. The molecule has 2 aliphatic heterocycles. The van der Waals surface area contributed by atoms with Crippen LogP contribution in [0.3, 0.4) is 0 Å². The number of anilines is 1. The minimum absolute atomic E-state index is 0.611. The molecule has 126 valence electrons. The van der Waals surface area contributed by atoms with E-state index in [1.165, 1.54) is 12.8 Å². The maximum absolute atomic E-state index is 6.09. The van der Waals surface area contributed by atoms with Gasteiger partial charge in [0.05, 0.1) is 6.54 Å². The summed E-state index contributed by atoms with van der Waals surface area (Å²) in [5.41, 5.74) is 7.21. The molecule has 23 heavy (non-hydrogen) atoms. The summed E-state index contributed by atoms with van der Waals surface area (Å²) in [4.78, 5) is 13.7. The van der Waals surface area contributed by atoms with Gasteiger partial charge in [-0.3, -0.25) is 0 Å². The molecule has 2 fully saturated rings. The highest BCUT2D eigenvalue weighted by Gasteiger charge is 2.16. The highest BCUT2D eigenvalue weighted by atomic mass is 32.2. The van der Waals surface area contributed by atoms with Crippen LogP contribution in [0, 0.1) is 5.92 Å². The SMILES string of the molecule is CC1CCN(c2ccc(CN=C(N)N3CCSCC3)cn2)CC1. The van der Waals surface area contributed by atoms with Crippen LogP contribution in [-0.2, 0) is 6.54 Å². The van der Waals surface area contributed by atoms with Crippen molar-refractivity contribution in [2.45, 2.75) is 26.3 Å². The molecular weight excluding hydrogens is 306 g/mol. The lowest BCUT2D eigenvalue weighted by molar-refractivity contribution is 0.436. The van der Waals surface area contributed by atoms with Gasteiger partial charge in [-0.2, -0.15) is 11.8 Å². The smallest absolute Gasteiger partial charge is 0.191 e. The number of nitrogens with zero attached hydrogens (tertiary/aromatic N) is 4. The molecule has 0 atom stereocenters. The Hall–Kier alpha value is -1.43. The van der Waals surface area contributed by atoms with Crippen LogP contribution in [0.1, 0.15) is 25.3 Å². The molecule has 0 unspecified atom stereocenters. The number of aliphatic imine (C=N–C) groups is 1. The average Bonchev–Trinajstić information content (AvgIpc) is 2.61. The third kappa shape index (κ3) is 4.53. The minimum atomic E-state index is 0.611. The number of rotatable bonds is 3. The van der Waals surface area contributed by atoms with E-state index in [0.29, 0.717) is 12.5 Å². The Morgan fingerprint density at radius 3 is 2.65 bits per heavy atom. The fourth-order valence-electron chi connectivity index (χ4n) is 3.00. The van der Waals surface area contributed by atoms with Gasteiger partial charge in [0.25, 0.3) is 0 Å². The molecule has 1 aromatic heterocycles. The van der Waals surface area contributed by atoms with E-state index in [0.717, 1.165) is 55.0 Å². The molecule has 0 aliphatic carbocycles. The van der Waals surface area contributed by atoms with Gasteiger partial charge in [0, 0.05) is 43.9 Å². The lowest BCUT2D eigenvalue weighted by Crippen LogP contribution is -2.42. The van der Waals surface area contributed by atoms with E-state index in [1.54, 1.807) is 0 Å². The Morgan fingerprint density at radius 1 is 1.26 bits per heavy atom. The minimum Gasteiger partial charge on any atom is -0.370 e. The molecule has 5 nitrogen and oxygen atoms in total. The number of guanidine groups is 1. The summed E-state index contributed by atoms with van der Waals surface area (Å²) in [6, 6.07) is 4.25. The summed E-state index contributed by atoms with van der Waals surface area (Å²) in [6.45, 7) is 7.18. The lowest BCUT2D eigenvalue weighted by Gasteiger charge is -2.31. The molecule has 1 aromatic rings. The fraction of sp³-hybridized carbons (Fsp3) is 0.647. The van der Waals surface area contributed by atoms with Crippen molar-refractivity contribution < 1.29 is 0 Å². The zero-order valence-electron chi connectivity index (χ0n) is 13.9. The number of hydrogen-bond donors (Lipinski definition) is 1. The zero-order valence-corrected chi connectivity index (χ0v) is 14.8. The van der Waals surface area contributed by atoms with E-state index in [4.69, 9.17) is 5.73 Å². The van der Waals surface area contributed by atoms with Crippen molar-refractivity contribution in [1.82, 2.24) is 9.88 Å². The normalized spacial score (nSPS) is 20.8. The van der Waals surface area contributed by atoms with Gasteiger partial charge in [-0.1, -0.05) is 13.0 Å². The quantitative estimate of drug-likeness (QED) is 0.679. The van der Waals surface area contributed by atoms with Crippen molar-refractivity contribution in [3.8, 4) is 0 Å². The van der Waals surface area contributed by atoms with Crippen LogP contribution < -0.4 is 10.6 Å². The molecule has 0 spiro atoms. The van der Waals surface area contributed by atoms with E-state index >= 15 is 0 Å². The molecule has 0 bridgehead atoms. The second kappa shape index (κ2) is 7.90. The molecule has 6 heteroatoms. The summed E-state index contributed by atoms with van der Waals surface area (Å²) in [7, 11) is 0. The molecule has 0 aromatic carbocycles. The predicted octanol–water partition coefficient (Wildman–Crippen LogP) is 2.18. The van der Waals surface area contributed by atoms with Crippen LogP contribution in [0.15, 0.2) is 23.3 Å². The monoisotopic (exact) mass is 333 g/mol. The molecule has 0 amide bonds. The first-order valence-electron chi connectivity index (χ1n) is 8.55. The summed E-state index contributed by atoms with van der Waals surface area (Å²) in [6.07, 6.45) is 4.47. The largest absolute Gasteiger partial charge is 0.370 e. The summed E-state index contributed by atoms with van der Waals surface area (Å²) in [5.74, 6) is 4.88. The second-order valence-corrected chi connectivity index (χ2v) is 7.69. The number of nitrogens with two attached hydrogens (primary N) is 1. The van der Waals surface area contributed by atoms with Gasteiger partial charge in [-0.25, -0.2) is 9.98 Å². The van der Waals surface area contributed by atoms with Gasteiger partial charge < -0.3 is 15.5 Å². The summed E-state index contributed by atoms with van der Waals surface area (Å²) >= 11 is 1.98.